The van der Waals surface area contributed by atoms with E-state index in [1.54, 1.807) is 122 Å². The predicted molar refractivity (Wildman–Crippen MR) is 335 cm³/mol. The van der Waals surface area contributed by atoms with Crippen LogP contribution in [0.1, 0.15) is 102 Å². The molecular weight excluding hydrogens is 1190 g/mol. The summed E-state index contributed by atoms with van der Waals surface area (Å²) in [6.07, 6.45) is 11.6. The smallest absolute Gasteiger partial charge is 0.291 e. The number of para-hydroxylation sites is 3. The van der Waals surface area contributed by atoms with Gasteiger partial charge in [0.15, 0.2) is 34.6 Å². The van der Waals surface area contributed by atoms with E-state index in [1.807, 2.05) is 23.0 Å². The van der Waals surface area contributed by atoms with Gasteiger partial charge in [-0.05, 0) is 185 Å². The van der Waals surface area contributed by atoms with Crippen LogP contribution >= 0.6 is 0 Å². The summed E-state index contributed by atoms with van der Waals surface area (Å²) in [4.78, 5) is 51.3. The number of carbonyl (C=O) groups excluding carboxylic acids is 3. The Balaban J connectivity index is 0.000000133. The maximum Gasteiger partial charge on any atom is 0.291 e. The van der Waals surface area contributed by atoms with Gasteiger partial charge in [-0.15, -0.1) is 0 Å². The van der Waals surface area contributed by atoms with Gasteiger partial charge in [0.05, 0.1) is 53.1 Å². The molecule has 2 fully saturated rings. The highest BCUT2D eigenvalue weighted by Gasteiger charge is 2.31. The molecule has 6 aromatic carbocycles. The molecule has 12 aromatic rings. The summed E-state index contributed by atoms with van der Waals surface area (Å²) in [6.45, 7) is 3.99. The quantitative estimate of drug-likeness (QED) is 0.0842. The fourth-order valence-electron chi connectivity index (χ4n) is 10.8. The molecule has 6 heterocycles. The van der Waals surface area contributed by atoms with Crippen LogP contribution in [0.15, 0.2) is 214 Å². The van der Waals surface area contributed by atoms with Crippen molar-refractivity contribution < 1.29 is 54.0 Å². The van der Waals surface area contributed by atoms with Crippen molar-refractivity contribution in [3.8, 4) is 68.1 Å². The zero-order valence-corrected chi connectivity index (χ0v) is 49.4. The monoisotopic (exact) mass is 1250 g/mol. The van der Waals surface area contributed by atoms with Crippen LogP contribution in [0.3, 0.4) is 0 Å². The van der Waals surface area contributed by atoms with Crippen molar-refractivity contribution in [1.82, 2.24) is 28.7 Å². The fraction of sp³-hybridized carbons (Fsp3) is 0.155. The number of aromatic nitrogens is 6. The van der Waals surface area contributed by atoms with E-state index in [-0.39, 0.29) is 63.9 Å². The van der Waals surface area contributed by atoms with Crippen molar-refractivity contribution in [1.29, 1.82) is 0 Å². The number of nitrogens with zero attached hydrogens (tertiary/aromatic N) is 6. The lowest BCUT2D eigenvalue weighted by molar-refractivity contribution is 0.0989. The molecule has 3 amide bonds. The third kappa shape index (κ3) is 13.5. The first-order valence-corrected chi connectivity index (χ1v) is 29.6. The second-order valence-electron chi connectivity index (χ2n) is 22.1. The van der Waals surface area contributed by atoms with Crippen LogP contribution in [0.5, 0.6) is 0 Å². The number of benzene rings is 6. The molecule has 2 aliphatic carbocycles. The van der Waals surface area contributed by atoms with Gasteiger partial charge >= 0.3 is 0 Å². The van der Waals surface area contributed by atoms with Crippen molar-refractivity contribution in [2.45, 2.75) is 70.5 Å². The van der Waals surface area contributed by atoms with E-state index in [4.69, 9.17) is 13.3 Å². The highest BCUT2D eigenvalue weighted by Crippen LogP contribution is 2.43. The van der Waals surface area contributed by atoms with Crippen LogP contribution in [0.25, 0.3) is 68.1 Å². The maximum atomic E-state index is 13.9. The molecule has 0 bridgehead atoms. The van der Waals surface area contributed by atoms with Crippen molar-refractivity contribution in [2.75, 3.05) is 16.0 Å². The molecular formula is C71H57F6N9O6. The van der Waals surface area contributed by atoms with Gasteiger partial charge in [0, 0.05) is 34.8 Å². The van der Waals surface area contributed by atoms with Gasteiger partial charge in [0.2, 0.25) is 0 Å². The summed E-state index contributed by atoms with van der Waals surface area (Å²) in [5, 5.41) is 7.55. The average molecular weight is 1250 g/mol. The highest BCUT2D eigenvalue weighted by atomic mass is 19.1. The molecule has 2 aliphatic rings. The van der Waals surface area contributed by atoms with Crippen molar-refractivity contribution in [3.63, 3.8) is 0 Å². The fourth-order valence-corrected chi connectivity index (χ4v) is 10.8. The minimum atomic E-state index is -0.565. The molecule has 3 N–H and O–H groups in total. The number of furan rings is 3. The summed E-state index contributed by atoms with van der Waals surface area (Å²) in [7, 11) is 0. The van der Waals surface area contributed by atoms with Crippen molar-refractivity contribution in [3.05, 3.63) is 253 Å². The molecule has 21 heteroatoms. The number of anilines is 3. The molecule has 0 aliphatic heterocycles. The normalized spacial score (nSPS) is 12.9. The van der Waals surface area contributed by atoms with Crippen LogP contribution < -0.4 is 16.0 Å². The average Bonchev–Trinajstić information content (AvgIpc) is 1.67. The Labute approximate surface area is 523 Å². The third-order valence-electron chi connectivity index (χ3n) is 15.5. The molecule has 6 aromatic heterocycles. The maximum absolute atomic E-state index is 13.9. The Bertz CT molecular complexity index is 4410. The van der Waals surface area contributed by atoms with Gasteiger partial charge in [-0.25, -0.2) is 41.3 Å². The number of rotatable bonds is 15. The van der Waals surface area contributed by atoms with Gasteiger partial charge in [0.1, 0.15) is 52.0 Å². The second-order valence-corrected chi connectivity index (χ2v) is 22.1. The number of hydrogen-bond donors (Lipinski definition) is 3. The van der Waals surface area contributed by atoms with Crippen LogP contribution in [0.2, 0.25) is 0 Å². The Hall–Kier alpha value is -11.2. The summed E-state index contributed by atoms with van der Waals surface area (Å²) in [5.41, 5.74) is 6.52. The molecule has 14 rings (SSSR count). The summed E-state index contributed by atoms with van der Waals surface area (Å²) < 4.78 is 105. The highest BCUT2D eigenvalue weighted by molar-refractivity contribution is 6.04. The van der Waals surface area contributed by atoms with Gasteiger partial charge in [0.25, 0.3) is 17.7 Å². The van der Waals surface area contributed by atoms with Crippen LogP contribution in [-0.4, -0.2) is 46.4 Å². The summed E-state index contributed by atoms with van der Waals surface area (Å²) in [5.74, 6) is -2.69. The van der Waals surface area contributed by atoms with E-state index in [2.05, 4.69) is 35.5 Å². The number of imidazole rings is 3. The number of amides is 3. The Kier molecular flexibility index (Phi) is 17.8. The minimum Gasteiger partial charge on any atom is -0.449 e. The minimum absolute atomic E-state index is 0.0369. The molecule has 0 unspecified atom stereocenters. The number of hydrogen-bond acceptors (Lipinski definition) is 9. The SMILES string of the molecule is CC(C)n1cnc(-c2ccc(F)cc2)c1-c1ccc(C(=O)Nc2ccccc2F)o1.O=C(Nc1ccccc1F)c1ccc(-c2c(-c3ccc(F)cc3)ncn2C2CC2)o1.O=C(Nc1ccccc1F)c1ccc(-c2c(-c3ccc(F)cc3)ncn2C2CCCC2)o1. The number of nitrogens with one attached hydrogen (secondary N) is 3. The largest absolute Gasteiger partial charge is 0.449 e. The summed E-state index contributed by atoms with van der Waals surface area (Å²) >= 11 is 0. The molecule has 0 saturated heterocycles. The number of halogens is 6. The van der Waals surface area contributed by atoms with Gasteiger partial charge in [-0.2, -0.15) is 0 Å². The molecule has 0 spiro atoms. The Morgan fingerprint density at radius 2 is 0.717 bits per heavy atom. The lowest BCUT2D eigenvalue weighted by atomic mass is 10.1. The molecule has 2 saturated carbocycles. The van der Waals surface area contributed by atoms with E-state index >= 15 is 0 Å². The molecule has 464 valence electrons. The van der Waals surface area contributed by atoms with E-state index < -0.39 is 35.2 Å². The van der Waals surface area contributed by atoms with Crippen molar-refractivity contribution >= 4 is 34.8 Å². The van der Waals surface area contributed by atoms with Gasteiger partial charge in [-0.1, -0.05) is 49.2 Å². The third-order valence-corrected chi connectivity index (χ3v) is 15.5. The van der Waals surface area contributed by atoms with Gasteiger partial charge < -0.3 is 42.9 Å². The lowest BCUT2D eigenvalue weighted by Gasteiger charge is -2.15. The Morgan fingerprint density at radius 3 is 1.05 bits per heavy atom. The predicted octanol–water partition coefficient (Wildman–Crippen LogP) is 18.1. The van der Waals surface area contributed by atoms with Crippen LogP contribution in [0.4, 0.5) is 43.4 Å². The topological polar surface area (TPSA) is 180 Å². The van der Waals surface area contributed by atoms with Crippen molar-refractivity contribution in [2.24, 2.45) is 0 Å². The van der Waals surface area contributed by atoms with Crippen LogP contribution in [-0.2, 0) is 0 Å². The van der Waals surface area contributed by atoms with E-state index in [0.717, 1.165) is 66.6 Å². The number of carbonyl (C=O) groups is 3. The van der Waals surface area contributed by atoms with E-state index in [1.165, 1.54) is 78.9 Å². The standard InChI is InChI=1S/C25H21F2N3O2.C23H17F2N3O2.C23H19F2N3O2/c26-17-11-9-16(10-12-17)23-24(30(15-28-23)18-5-1-2-6-18)21-13-14-22(32-21)25(31)29-20-8-4-3-7-19(20)27;24-15-7-5-14(6-8-15)21-22(28(13-26-21)16-9-10-16)19-11-12-20(30-19)23(29)27-18-4-2-1-3-17(18)25;1-14(2)28-13-26-21(15-7-9-16(24)10-8-15)22(28)19-11-12-20(30-19)23(29)27-18-6-4-3-5-17(18)25/h3-4,7-15,18H,1-2,5-6H2,(H,29,31);1-8,11-13,16H,9-10H2,(H,27,29);3-14H,1-2H3,(H,27,29). The second kappa shape index (κ2) is 26.9. The first-order valence-electron chi connectivity index (χ1n) is 29.6. The molecule has 0 atom stereocenters. The molecule has 0 radical (unpaired) electrons. The van der Waals surface area contributed by atoms with E-state index in [0.29, 0.717) is 46.1 Å². The van der Waals surface area contributed by atoms with E-state index in [9.17, 15) is 40.7 Å². The van der Waals surface area contributed by atoms with Gasteiger partial charge in [-0.3, -0.25) is 14.4 Å². The first kappa shape index (κ1) is 61.0. The molecule has 92 heavy (non-hydrogen) atoms. The molecule has 15 nitrogen and oxygen atoms in total. The van der Waals surface area contributed by atoms with Crippen LogP contribution in [0, 0.1) is 34.9 Å². The lowest BCUT2D eigenvalue weighted by Crippen LogP contribution is -2.12. The first-order chi connectivity index (χ1) is 44.6. The zero-order valence-electron chi connectivity index (χ0n) is 49.4. The Morgan fingerprint density at radius 1 is 0.402 bits per heavy atom. The zero-order chi connectivity index (χ0) is 64.0. The summed E-state index contributed by atoms with van der Waals surface area (Å²) in [6, 6.07) is 46.4.